The number of aromatic nitrogens is 1. The molecule has 22 heavy (non-hydrogen) atoms. The number of carbonyl (C=O) groups is 1. The molecule has 4 nitrogen and oxygen atoms in total. The minimum Gasteiger partial charge on any atom is -0.348 e. The van der Waals surface area contributed by atoms with Crippen LogP contribution in [0.5, 0.6) is 0 Å². The fourth-order valence-corrected chi connectivity index (χ4v) is 5.46. The van der Waals surface area contributed by atoms with Crippen molar-refractivity contribution < 1.29 is 10.0 Å². The van der Waals surface area contributed by atoms with Crippen molar-refractivity contribution in [1.29, 1.82) is 0 Å². The van der Waals surface area contributed by atoms with Crippen molar-refractivity contribution in [2.75, 3.05) is 7.05 Å². The second-order valence-corrected chi connectivity index (χ2v) is 7.69. The van der Waals surface area contributed by atoms with E-state index in [4.69, 9.17) is 5.21 Å². The van der Waals surface area contributed by atoms with Gasteiger partial charge in [-0.1, -0.05) is 0 Å². The third-order valence-corrected chi connectivity index (χ3v) is 6.01. The first kappa shape index (κ1) is 14.1. The van der Waals surface area contributed by atoms with E-state index in [1.807, 2.05) is 0 Å². The first-order valence-corrected chi connectivity index (χ1v) is 8.37. The number of rotatable bonds is 3. The summed E-state index contributed by atoms with van der Waals surface area (Å²) in [6, 6.07) is 2.07. The Morgan fingerprint density at radius 1 is 1.27 bits per heavy atom. The summed E-state index contributed by atoms with van der Waals surface area (Å²) >= 11 is 0. The van der Waals surface area contributed by atoms with Crippen LogP contribution in [-0.2, 0) is 10.3 Å². The van der Waals surface area contributed by atoms with Gasteiger partial charge in [0.15, 0.2) is 0 Å². The molecule has 0 unspecified atom stereocenters. The Bertz CT molecular complexity index is 579. The van der Waals surface area contributed by atoms with E-state index in [2.05, 4.69) is 23.0 Å². The van der Waals surface area contributed by atoms with Crippen LogP contribution in [-0.4, -0.2) is 27.8 Å². The average molecular weight is 300 g/mol. The quantitative estimate of drug-likeness (QED) is 0.529. The van der Waals surface area contributed by atoms with Crippen molar-refractivity contribution in [1.82, 2.24) is 9.63 Å². The topological polar surface area (TPSA) is 45.5 Å². The first-order valence-electron chi connectivity index (χ1n) is 8.37. The van der Waals surface area contributed by atoms with Crippen LogP contribution in [0.25, 0.3) is 6.08 Å². The normalized spacial score (nSPS) is 36.2. The van der Waals surface area contributed by atoms with Gasteiger partial charge in [0, 0.05) is 31.1 Å². The van der Waals surface area contributed by atoms with E-state index in [0.29, 0.717) is 10.6 Å². The lowest BCUT2D eigenvalue weighted by Gasteiger charge is -2.57. The summed E-state index contributed by atoms with van der Waals surface area (Å²) in [5.41, 5.74) is 1.37. The van der Waals surface area contributed by atoms with E-state index >= 15 is 0 Å². The van der Waals surface area contributed by atoms with Crippen LogP contribution in [0.15, 0.2) is 24.5 Å². The predicted octanol–water partition coefficient (Wildman–Crippen LogP) is 3.27. The van der Waals surface area contributed by atoms with E-state index in [1.165, 1.54) is 51.6 Å². The number of hydrogen-bond acceptors (Lipinski definition) is 2. The predicted molar refractivity (Wildman–Crippen MR) is 84.2 cm³/mol. The number of nitrogens with zero attached hydrogens (tertiary/aromatic N) is 2. The molecule has 0 aromatic carbocycles. The van der Waals surface area contributed by atoms with Gasteiger partial charge in [-0.15, -0.1) is 0 Å². The number of amides is 1. The minimum atomic E-state index is -0.400. The molecule has 1 amide bonds. The highest BCUT2D eigenvalue weighted by Crippen LogP contribution is 2.58. The second kappa shape index (κ2) is 4.98. The average Bonchev–Trinajstić information content (AvgIpc) is 2.92. The summed E-state index contributed by atoms with van der Waals surface area (Å²) in [6.45, 7) is 0. The maximum Gasteiger partial charge on any atom is 0.269 e. The maximum absolute atomic E-state index is 11.4. The van der Waals surface area contributed by atoms with Crippen LogP contribution in [0.3, 0.4) is 0 Å². The molecule has 1 aromatic rings. The molecule has 4 bridgehead atoms. The molecule has 1 heterocycles. The molecule has 0 aliphatic heterocycles. The highest BCUT2D eigenvalue weighted by atomic mass is 16.5. The molecule has 0 saturated heterocycles. The molecule has 1 aromatic heterocycles. The molecule has 0 spiro atoms. The number of hydroxylamine groups is 2. The third-order valence-electron chi connectivity index (χ3n) is 6.01. The van der Waals surface area contributed by atoms with Gasteiger partial charge in [-0.3, -0.25) is 10.0 Å². The Kier molecular flexibility index (Phi) is 3.19. The van der Waals surface area contributed by atoms with Crippen LogP contribution in [0.4, 0.5) is 0 Å². The second-order valence-electron chi connectivity index (χ2n) is 7.69. The molecular weight excluding hydrogens is 276 g/mol. The van der Waals surface area contributed by atoms with Gasteiger partial charge < -0.3 is 4.57 Å². The van der Waals surface area contributed by atoms with Gasteiger partial charge in [0.05, 0.1) is 0 Å². The number of hydrogen-bond donors (Lipinski definition) is 1. The maximum atomic E-state index is 11.4. The van der Waals surface area contributed by atoms with Gasteiger partial charge in [0.25, 0.3) is 5.91 Å². The minimum absolute atomic E-state index is 0.332. The zero-order valence-electron chi connectivity index (χ0n) is 13.1. The lowest BCUT2D eigenvalue weighted by molar-refractivity contribution is -0.153. The Morgan fingerprint density at radius 2 is 1.86 bits per heavy atom. The van der Waals surface area contributed by atoms with Gasteiger partial charge in [-0.05, 0) is 74.0 Å². The van der Waals surface area contributed by atoms with E-state index in [9.17, 15) is 4.79 Å². The molecule has 4 aliphatic carbocycles. The van der Waals surface area contributed by atoms with Crippen LogP contribution in [0.2, 0.25) is 0 Å². The van der Waals surface area contributed by atoms with Gasteiger partial charge in [-0.2, -0.15) is 0 Å². The summed E-state index contributed by atoms with van der Waals surface area (Å²) in [7, 11) is 1.34. The van der Waals surface area contributed by atoms with Crippen molar-refractivity contribution in [3.63, 3.8) is 0 Å². The van der Waals surface area contributed by atoms with Crippen LogP contribution in [0, 0.1) is 17.8 Å². The van der Waals surface area contributed by atoms with Crippen molar-refractivity contribution in [3.05, 3.63) is 30.1 Å². The molecule has 4 aliphatic rings. The number of carbonyl (C=O) groups excluding carboxylic acids is 1. The Balaban J connectivity index is 1.56. The largest absolute Gasteiger partial charge is 0.348 e. The van der Waals surface area contributed by atoms with Gasteiger partial charge >= 0.3 is 0 Å². The monoisotopic (exact) mass is 300 g/mol. The van der Waals surface area contributed by atoms with Crippen molar-refractivity contribution >= 4 is 12.0 Å². The fraction of sp³-hybridized carbons (Fsp3) is 0.611. The molecule has 0 radical (unpaired) electrons. The zero-order chi connectivity index (χ0) is 15.3. The summed E-state index contributed by atoms with van der Waals surface area (Å²) in [5.74, 6) is 2.38. The van der Waals surface area contributed by atoms with E-state index < -0.39 is 5.91 Å². The Hall–Kier alpha value is -1.55. The number of likely N-dealkylation sites (N-methyl/N-ethyl adjacent to an activating group) is 1. The fourth-order valence-electron chi connectivity index (χ4n) is 5.46. The summed E-state index contributed by atoms with van der Waals surface area (Å²) in [5, 5.41) is 9.69. The molecule has 4 fully saturated rings. The lowest BCUT2D eigenvalue weighted by atomic mass is 9.53. The zero-order valence-corrected chi connectivity index (χ0v) is 13.1. The molecular formula is C18H24N2O2. The smallest absolute Gasteiger partial charge is 0.269 e. The Morgan fingerprint density at radius 3 is 2.41 bits per heavy atom. The SMILES string of the molecule is CN(O)C(=O)C=Cc1ccn(C23CC4CC(CC(C4)C2)C3)c1. The van der Waals surface area contributed by atoms with E-state index in [1.54, 1.807) is 6.08 Å². The van der Waals surface area contributed by atoms with Crippen LogP contribution >= 0.6 is 0 Å². The van der Waals surface area contributed by atoms with Gasteiger partial charge in [-0.25, -0.2) is 5.06 Å². The van der Waals surface area contributed by atoms with Crippen molar-refractivity contribution in [3.8, 4) is 0 Å². The highest BCUT2D eigenvalue weighted by Gasteiger charge is 2.51. The van der Waals surface area contributed by atoms with Crippen molar-refractivity contribution in [2.24, 2.45) is 17.8 Å². The van der Waals surface area contributed by atoms with Crippen LogP contribution in [0.1, 0.15) is 44.1 Å². The molecule has 4 heteroatoms. The summed E-state index contributed by atoms with van der Waals surface area (Å²) in [6.07, 6.45) is 15.9. The standard InChI is InChI=1S/C18H24N2O2/c1-19(22)17(21)3-2-13-4-5-20(12-13)18-9-14-6-15(10-18)8-16(7-14)11-18/h2-5,12,14-16,22H,6-11H2,1H3. The molecule has 118 valence electrons. The lowest BCUT2D eigenvalue weighted by Crippen LogP contribution is -2.51. The van der Waals surface area contributed by atoms with Gasteiger partial charge in [0.2, 0.25) is 0 Å². The summed E-state index contributed by atoms with van der Waals surface area (Å²) < 4.78 is 2.42. The molecule has 1 N–H and O–H groups in total. The molecule has 0 atom stereocenters. The van der Waals surface area contributed by atoms with Crippen molar-refractivity contribution in [2.45, 2.75) is 44.1 Å². The first-order chi connectivity index (χ1) is 10.5. The summed E-state index contributed by atoms with van der Waals surface area (Å²) in [4.78, 5) is 11.4. The Labute approximate surface area is 131 Å². The molecule has 5 rings (SSSR count). The van der Waals surface area contributed by atoms with Crippen LogP contribution < -0.4 is 0 Å². The van der Waals surface area contributed by atoms with Gasteiger partial charge in [0.1, 0.15) is 0 Å². The van der Waals surface area contributed by atoms with E-state index in [0.717, 1.165) is 23.3 Å². The molecule has 4 saturated carbocycles. The van der Waals surface area contributed by atoms with E-state index in [-0.39, 0.29) is 0 Å². The third kappa shape index (κ3) is 2.30. The highest BCUT2D eigenvalue weighted by molar-refractivity contribution is 5.90.